The van der Waals surface area contributed by atoms with Crippen LogP contribution in [-0.4, -0.2) is 27.2 Å². The van der Waals surface area contributed by atoms with E-state index in [1.54, 1.807) is 13.0 Å². The fourth-order valence-corrected chi connectivity index (χ4v) is 2.14. The van der Waals surface area contributed by atoms with E-state index < -0.39 is 0 Å². The molecule has 2 rings (SSSR count). The number of para-hydroxylation sites is 1. The molecule has 112 valence electrons. The summed E-state index contributed by atoms with van der Waals surface area (Å²) < 4.78 is 7.62. The van der Waals surface area contributed by atoms with Crippen LogP contribution >= 0.6 is 0 Å². The van der Waals surface area contributed by atoms with Crippen LogP contribution in [0.15, 0.2) is 24.3 Å². The first-order valence-corrected chi connectivity index (χ1v) is 7.31. The van der Waals surface area contributed by atoms with Gasteiger partial charge in [-0.3, -0.25) is 4.79 Å². The third-order valence-corrected chi connectivity index (χ3v) is 3.25. The van der Waals surface area contributed by atoms with Crippen LogP contribution in [0, 0.1) is 0 Å². The normalized spacial score (nSPS) is 10.6. The molecule has 0 bridgehead atoms. The van der Waals surface area contributed by atoms with Gasteiger partial charge in [-0.1, -0.05) is 26.0 Å². The highest BCUT2D eigenvalue weighted by Crippen LogP contribution is 2.18. The van der Waals surface area contributed by atoms with E-state index in [1.807, 2.05) is 29.8 Å². The molecule has 0 aliphatic carbocycles. The molecule has 0 unspecified atom stereocenters. The Balaban J connectivity index is 2.02. The lowest BCUT2D eigenvalue weighted by Crippen LogP contribution is -2.13. The molecule has 0 aliphatic rings. The van der Waals surface area contributed by atoms with Crippen LogP contribution in [-0.2, 0) is 19.4 Å². The van der Waals surface area contributed by atoms with Crippen molar-refractivity contribution in [1.29, 1.82) is 0 Å². The summed E-state index contributed by atoms with van der Waals surface area (Å²) in [6, 6.07) is 7.30. The highest BCUT2D eigenvalue weighted by Gasteiger charge is 2.09. The first-order chi connectivity index (χ1) is 10.2. The molecule has 0 atom stereocenters. The van der Waals surface area contributed by atoms with Crippen molar-refractivity contribution < 1.29 is 9.53 Å². The number of Topliss-reactive ketones (excluding diaryl/α,β-unsaturated/α-hetero) is 1. The van der Waals surface area contributed by atoms with Gasteiger partial charge in [-0.2, -0.15) is 5.10 Å². The number of hydrogen-bond acceptors (Lipinski definition) is 4. The minimum Gasteiger partial charge on any atom is -0.491 e. The van der Waals surface area contributed by atoms with E-state index >= 15 is 0 Å². The Kier molecular flexibility index (Phi) is 5.09. The van der Waals surface area contributed by atoms with Crippen LogP contribution in [0.25, 0.3) is 0 Å². The van der Waals surface area contributed by atoms with Crippen molar-refractivity contribution in [3.63, 3.8) is 0 Å². The van der Waals surface area contributed by atoms with E-state index in [9.17, 15) is 4.79 Å². The highest BCUT2D eigenvalue weighted by atomic mass is 16.5. The summed E-state index contributed by atoms with van der Waals surface area (Å²) in [7, 11) is 0. The number of rotatable bonds is 7. The average molecular weight is 287 g/mol. The number of aromatic nitrogens is 3. The Hall–Kier alpha value is -2.17. The number of aryl methyl sites for hydroxylation is 2. The lowest BCUT2D eigenvalue weighted by molar-refractivity contribution is 0.101. The molecular formula is C16H21N3O2. The second-order valence-corrected chi connectivity index (χ2v) is 4.78. The molecule has 1 aromatic carbocycles. The van der Waals surface area contributed by atoms with Gasteiger partial charge in [0.15, 0.2) is 11.6 Å². The van der Waals surface area contributed by atoms with Crippen molar-refractivity contribution >= 4 is 5.78 Å². The molecular weight excluding hydrogens is 266 g/mol. The van der Waals surface area contributed by atoms with Gasteiger partial charge in [-0.05, 0) is 19.1 Å². The van der Waals surface area contributed by atoms with Crippen LogP contribution in [0.4, 0.5) is 0 Å². The summed E-state index contributed by atoms with van der Waals surface area (Å²) in [5, 5.41) is 4.45. The van der Waals surface area contributed by atoms with Gasteiger partial charge in [0.05, 0.1) is 12.1 Å². The van der Waals surface area contributed by atoms with Gasteiger partial charge in [0.1, 0.15) is 18.2 Å². The summed E-state index contributed by atoms with van der Waals surface area (Å²) in [4.78, 5) is 16.0. The maximum absolute atomic E-state index is 11.5. The topological polar surface area (TPSA) is 57.0 Å². The Morgan fingerprint density at radius 1 is 1.24 bits per heavy atom. The molecule has 5 nitrogen and oxygen atoms in total. The van der Waals surface area contributed by atoms with Crippen molar-refractivity contribution in [2.24, 2.45) is 0 Å². The molecule has 0 amide bonds. The van der Waals surface area contributed by atoms with Crippen molar-refractivity contribution in [2.75, 3.05) is 6.61 Å². The molecule has 0 aliphatic heterocycles. The number of benzene rings is 1. The van der Waals surface area contributed by atoms with Gasteiger partial charge in [0, 0.05) is 12.8 Å². The van der Waals surface area contributed by atoms with E-state index in [0.29, 0.717) is 24.5 Å². The molecule has 0 radical (unpaired) electrons. The van der Waals surface area contributed by atoms with Crippen LogP contribution in [0.2, 0.25) is 0 Å². The predicted octanol–water partition coefficient (Wildman–Crippen LogP) is 2.68. The highest BCUT2D eigenvalue weighted by molar-refractivity contribution is 5.96. The minimum absolute atomic E-state index is 0.00822. The van der Waals surface area contributed by atoms with Gasteiger partial charge >= 0.3 is 0 Å². The molecule has 5 heteroatoms. The maximum Gasteiger partial charge on any atom is 0.163 e. The second-order valence-electron chi connectivity index (χ2n) is 4.78. The standard InChI is InChI=1S/C16H21N3O2/c1-4-15-17-16(5-2)19(18-15)10-11-21-14-9-7-6-8-13(14)12(3)20/h6-9H,4-5,10-11H2,1-3H3. The Morgan fingerprint density at radius 3 is 2.67 bits per heavy atom. The zero-order valence-corrected chi connectivity index (χ0v) is 12.8. The van der Waals surface area contributed by atoms with E-state index in [1.165, 1.54) is 0 Å². The van der Waals surface area contributed by atoms with Crippen LogP contribution in [0.1, 0.15) is 42.8 Å². The van der Waals surface area contributed by atoms with E-state index in [0.717, 1.165) is 24.5 Å². The quantitative estimate of drug-likeness (QED) is 0.735. The Bertz CT molecular complexity index is 620. The average Bonchev–Trinajstić information content (AvgIpc) is 2.90. The fourth-order valence-electron chi connectivity index (χ4n) is 2.14. The molecule has 0 spiro atoms. The van der Waals surface area contributed by atoms with E-state index in [2.05, 4.69) is 17.0 Å². The molecule has 0 fully saturated rings. The Morgan fingerprint density at radius 2 is 2.00 bits per heavy atom. The molecule has 1 heterocycles. The summed E-state index contributed by atoms with van der Waals surface area (Å²) in [5.41, 5.74) is 0.612. The lowest BCUT2D eigenvalue weighted by atomic mass is 10.1. The summed E-state index contributed by atoms with van der Waals surface area (Å²) >= 11 is 0. The first-order valence-electron chi connectivity index (χ1n) is 7.31. The molecule has 0 N–H and O–H groups in total. The first kappa shape index (κ1) is 15.2. The summed E-state index contributed by atoms with van der Waals surface area (Å²) in [5.74, 6) is 2.46. The zero-order chi connectivity index (χ0) is 15.2. The summed E-state index contributed by atoms with van der Waals surface area (Å²) in [6.45, 7) is 6.74. The van der Waals surface area contributed by atoms with Crippen molar-refractivity contribution in [1.82, 2.24) is 14.8 Å². The van der Waals surface area contributed by atoms with Crippen molar-refractivity contribution in [3.05, 3.63) is 41.5 Å². The van der Waals surface area contributed by atoms with Gasteiger partial charge in [-0.15, -0.1) is 0 Å². The maximum atomic E-state index is 11.5. The van der Waals surface area contributed by atoms with Gasteiger partial charge in [0.2, 0.25) is 0 Å². The van der Waals surface area contributed by atoms with E-state index in [4.69, 9.17) is 4.74 Å². The lowest BCUT2D eigenvalue weighted by Gasteiger charge is -2.10. The number of hydrogen-bond donors (Lipinski definition) is 0. The fraction of sp³-hybridized carbons (Fsp3) is 0.438. The minimum atomic E-state index is 0.00822. The van der Waals surface area contributed by atoms with Gasteiger partial charge < -0.3 is 4.74 Å². The van der Waals surface area contributed by atoms with Crippen LogP contribution in [0.3, 0.4) is 0 Å². The number of carbonyl (C=O) groups excluding carboxylic acids is 1. The van der Waals surface area contributed by atoms with Crippen molar-refractivity contribution in [2.45, 2.75) is 40.2 Å². The van der Waals surface area contributed by atoms with Gasteiger partial charge in [-0.25, -0.2) is 9.67 Å². The monoisotopic (exact) mass is 287 g/mol. The third-order valence-electron chi connectivity index (χ3n) is 3.25. The molecule has 21 heavy (non-hydrogen) atoms. The number of ether oxygens (including phenoxy) is 1. The number of nitrogens with zero attached hydrogens (tertiary/aromatic N) is 3. The van der Waals surface area contributed by atoms with Crippen LogP contribution < -0.4 is 4.74 Å². The Labute approximate surface area is 125 Å². The molecule has 2 aromatic rings. The largest absolute Gasteiger partial charge is 0.491 e. The zero-order valence-electron chi connectivity index (χ0n) is 12.8. The van der Waals surface area contributed by atoms with Crippen molar-refractivity contribution in [3.8, 4) is 5.75 Å². The van der Waals surface area contributed by atoms with Crippen LogP contribution in [0.5, 0.6) is 5.75 Å². The SMILES string of the molecule is CCc1nc(CC)n(CCOc2ccccc2C(C)=O)n1. The molecule has 0 saturated heterocycles. The number of carbonyl (C=O) groups is 1. The molecule has 0 saturated carbocycles. The number of ketones is 1. The smallest absolute Gasteiger partial charge is 0.163 e. The van der Waals surface area contributed by atoms with E-state index in [-0.39, 0.29) is 5.78 Å². The second kappa shape index (κ2) is 7.02. The predicted molar refractivity (Wildman–Crippen MR) is 80.7 cm³/mol. The van der Waals surface area contributed by atoms with Gasteiger partial charge in [0.25, 0.3) is 0 Å². The molecule has 1 aromatic heterocycles. The summed E-state index contributed by atoms with van der Waals surface area (Å²) in [6.07, 6.45) is 1.67. The third kappa shape index (κ3) is 3.68.